The fraction of sp³-hybridized carbons (Fsp3) is 0.667. The summed E-state index contributed by atoms with van der Waals surface area (Å²) in [5.74, 6) is 0.794. The summed E-state index contributed by atoms with van der Waals surface area (Å²) in [5, 5.41) is 13.8. The highest BCUT2D eigenvalue weighted by Gasteiger charge is 2.25. The van der Waals surface area contributed by atoms with Crippen LogP contribution in [-0.2, 0) is 0 Å². The van der Waals surface area contributed by atoms with Crippen LogP contribution in [0.15, 0.2) is 17.2 Å². The first kappa shape index (κ1) is 14.6. The van der Waals surface area contributed by atoms with Gasteiger partial charge in [0.25, 0.3) is 0 Å². The number of anilines is 1. The van der Waals surface area contributed by atoms with E-state index >= 15 is 0 Å². The van der Waals surface area contributed by atoms with Crippen molar-refractivity contribution in [2.24, 2.45) is 0 Å². The van der Waals surface area contributed by atoms with Gasteiger partial charge in [0.1, 0.15) is 0 Å². The molecule has 2 saturated heterocycles. The van der Waals surface area contributed by atoms with Crippen molar-refractivity contribution in [1.82, 2.24) is 30.2 Å². The summed E-state index contributed by atoms with van der Waals surface area (Å²) in [5.41, 5.74) is 0.394. The fourth-order valence-electron chi connectivity index (χ4n) is 3.68. The van der Waals surface area contributed by atoms with E-state index in [9.17, 15) is 4.79 Å². The smallest absolute Gasteiger partial charge is 0.347 e. The van der Waals surface area contributed by atoms with Crippen LogP contribution >= 0.6 is 0 Å². The molecule has 4 heterocycles. The molecule has 23 heavy (non-hydrogen) atoms. The molecule has 2 aromatic rings. The van der Waals surface area contributed by atoms with Gasteiger partial charge in [-0.15, -0.1) is 5.10 Å². The number of aromatic amines is 1. The van der Waals surface area contributed by atoms with E-state index in [2.05, 4.69) is 30.7 Å². The van der Waals surface area contributed by atoms with Crippen molar-refractivity contribution in [3.05, 3.63) is 22.9 Å². The van der Waals surface area contributed by atoms with Gasteiger partial charge in [-0.05, 0) is 38.8 Å². The van der Waals surface area contributed by atoms with Crippen LogP contribution in [0.25, 0.3) is 5.65 Å². The number of H-pyrrole nitrogens is 1. The molecule has 0 radical (unpaired) electrons. The number of aromatic nitrogens is 4. The zero-order valence-corrected chi connectivity index (χ0v) is 13.2. The Hall–Kier alpha value is -1.93. The molecule has 3 N–H and O–H groups in total. The number of hydrogen-bond donors (Lipinski definition) is 3. The molecule has 0 aliphatic carbocycles. The van der Waals surface area contributed by atoms with Gasteiger partial charge in [0.15, 0.2) is 5.82 Å². The summed E-state index contributed by atoms with van der Waals surface area (Å²) in [6, 6.07) is 1.08. The predicted octanol–water partition coefficient (Wildman–Crippen LogP) is -0.272. The van der Waals surface area contributed by atoms with E-state index < -0.39 is 0 Å². The zero-order valence-electron chi connectivity index (χ0n) is 13.2. The largest absolute Gasteiger partial charge is 0.352 e. The van der Waals surface area contributed by atoms with Gasteiger partial charge in [-0.1, -0.05) is 0 Å². The van der Waals surface area contributed by atoms with Crippen LogP contribution < -0.4 is 21.2 Å². The minimum absolute atomic E-state index is 0.218. The van der Waals surface area contributed by atoms with Crippen LogP contribution in [0.3, 0.4) is 0 Å². The average molecular weight is 317 g/mol. The summed E-state index contributed by atoms with van der Waals surface area (Å²) >= 11 is 0. The minimum Gasteiger partial charge on any atom is -0.352 e. The Bertz CT molecular complexity index is 718. The molecular weight excluding hydrogens is 294 g/mol. The Morgan fingerprint density at radius 3 is 2.96 bits per heavy atom. The maximum absolute atomic E-state index is 11.7. The van der Waals surface area contributed by atoms with Gasteiger partial charge < -0.3 is 15.5 Å². The van der Waals surface area contributed by atoms with E-state index in [0.717, 1.165) is 38.4 Å². The van der Waals surface area contributed by atoms with Gasteiger partial charge in [0, 0.05) is 37.6 Å². The summed E-state index contributed by atoms with van der Waals surface area (Å²) in [6.07, 6.45) is 8.03. The molecule has 0 aromatic carbocycles. The molecule has 2 aliphatic heterocycles. The highest BCUT2D eigenvalue weighted by Crippen LogP contribution is 2.21. The van der Waals surface area contributed by atoms with Gasteiger partial charge in [0.05, 0.1) is 0 Å². The summed E-state index contributed by atoms with van der Waals surface area (Å²) < 4.78 is 1.52. The average Bonchev–Trinajstić information content (AvgIpc) is 2.98. The summed E-state index contributed by atoms with van der Waals surface area (Å²) in [6.45, 7) is 4.08. The first-order valence-electron chi connectivity index (χ1n) is 8.45. The second-order valence-electron chi connectivity index (χ2n) is 6.45. The van der Waals surface area contributed by atoms with Gasteiger partial charge in [-0.25, -0.2) is 19.3 Å². The van der Waals surface area contributed by atoms with Crippen LogP contribution in [0.5, 0.6) is 0 Å². The first-order valence-corrected chi connectivity index (χ1v) is 8.45. The van der Waals surface area contributed by atoms with E-state index in [1.807, 2.05) is 0 Å². The molecule has 0 spiro atoms. The molecule has 8 heteroatoms. The lowest BCUT2D eigenvalue weighted by Gasteiger charge is -2.37. The van der Waals surface area contributed by atoms with Crippen LogP contribution in [-0.4, -0.2) is 57.8 Å². The molecule has 4 rings (SSSR count). The number of rotatable bonds is 3. The molecule has 2 fully saturated rings. The quantitative estimate of drug-likeness (QED) is 0.722. The summed E-state index contributed by atoms with van der Waals surface area (Å²) in [4.78, 5) is 18.4. The Kier molecular flexibility index (Phi) is 4.00. The van der Waals surface area contributed by atoms with Gasteiger partial charge in [-0.3, -0.25) is 0 Å². The van der Waals surface area contributed by atoms with Crippen molar-refractivity contribution in [2.75, 3.05) is 31.1 Å². The molecule has 0 unspecified atom stereocenters. The van der Waals surface area contributed by atoms with Crippen molar-refractivity contribution in [3.63, 3.8) is 0 Å². The number of piperidine rings is 2. The Balaban J connectivity index is 1.51. The molecule has 0 saturated carbocycles. The maximum atomic E-state index is 11.7. The standard InChI is InChI=1S/C15H23N7O/c23-15-20-19-14-13(17-7-9-22(14)15)21-8-1-2-12(10-21)18-11-3-5-16-6-4-11/h7,9,11-12,16,18H,1-6,8,10H2,(H,20,23)/t12-/m0/s1. The molecule has 8 nitrogen and oxygen atoms in total. The Morgan fingerprint density at radius 2 is 2.09 bits per heavy atom. The lowest BCUT2D eigenvalue weighted by atomic mass is 10.0. The van der Waals surface area contributed by atoms with Gasteiger partial charge in [-0.2, -0.15) is 0 Å². The topological polar surface area (TPSA) is 90.3 Å². The van der Waals surface area contributed by atoms with E-state index in [1.54, 1.807) is 12.4 Å². The minimum atomic E-state index is -0.218. The lowest BCUT2D eigenvalue weighted by Crippen LogP contribution is -2.51. The first-order chi connectivity index (χ1) is 11.3. The van der Waals surface area contributed by atoms with Crippen molar-refractivity contribution < 1.29 is 0 Å². The SMILES string of the molecule is O=c1[nH]nc2c(N3CCC[C@H](NC4CCNCC4)C3)nccn12. The van der Waals surface area contributed by atoms with Crippen LogP contribution in [0.2, 0.25) is 0 Å². The Morgan fingerprint density at radius 1 is 1.22 bits per heavy atom. The molecule has 2 aliphatic rings. The van der Waals surface area contributed by atoms with E-state index in [-0.39, 0.29) is 5.69 Å². The highest BCUT2D eigenvalue weighted by atomic mass is 16.1. The maximum Gasteiger partial charge on any atom is 0.347 e. The van der Waals surface area contributed by atoms with E-state index in [1.165, 1.54) is 23.7 Å². The van der Waals surface area contributed by atoms with Gasteiger partial charge >= 0.3 is 5.69 Å². The van der Waals surface area contributed by atoms with Crippen molar-refractivity contribution in [1.29, 1.82) is 0 Å². The third kappa shape index (κ3) is 2.96. The van der Waals surface area contributed by atoms with Crippen molar-refractivity contribution in [3.8, 4) is 0 Å². The molecule has 0 amide bonds. The third-order valence-corrected chi connectivity index (χ3v) is 4.85. The number of nitrogens with zero attached hydrogens (tertiary/aromatic N) is 4. The van der Waals surface area contributed by atoms with Crippen molar-refractivity contribution in [2.45, 2.75) is 37.8 Å². The van der Waals surface area contributed by atoms with Crippen LogP contribution in [0, 0.1) is 0 Å². The Labute approximate surface area is 134 Å². The highest BCUT2D eigenvalue weighted by molar-refractivity contribution is 5.63. The zero-order chi connectivity index (χ0) is 15.6. The summed E-state index contributed by atoms with van der Waals surface area (Å²) in [7, 11) is 0. The fourth-order valence-corrected chi connectivity index (χ4v) is 3.68. The number of fused-ring (bicyclic) bond motifs is 1. The third-order valence-electron chi connectivity index (χ3n) is 4.85. The number of hydrogen-bond acceptors (Lipinski definition) is 6. The second-order valence-corrected chi connectivity index (χ2v) is 6.45. The normalized spacial score (nSPS) is 23.5. The number of nitrogens with one attached hydrogen (secondary N) is 3. The van der Waals surface area contributed by atoms with Crippen LogP contribution in [0.1, 0.15) is 25.7 Å². The second kappa shape index (κ2) is 6.29. The monoisotopic (exact) mass is 317 g/mol. The lowest BCUT2D eigenvalue weighted by molar-refractivity contribution is 0.320. The van der Waals surface area contributed by atoms with Crippen molar-refractivity contribution >= 4 is 11.5 Å². The molecule has 1 atom stereocenters. The molecular formula is C15H23N7O. The van der Waals surface area contributed by atoms with E-state index in [4.69, 9.17) is 0 Å². The molecule has 124 valence electrons. The molecule has 0 bridgehead atoms. The van der Waals surface area contributed by atoms with E-state index in [0.29, 0.717) is 17.7 Å². The molecule has 2 aromatic heterocycles. The van der Waals surface area contributed by atoms with Crippen LogP contribution in [0.4, 0.5) is 5.82 Å². The van der Waals surface area contributed by atoms with Gasteiger partial charge in [0.2, 0.25) is 5.65 Å². The predicted molar refractivity (Wildman–Crippen MR) is 87.9 cm³/mol.